The molecule has 1 heterocycles. The molecular weight excluding hydrogens is 258 g/mol. The lowest BCUT2D eigenvalue weighted by Crippen LogP contribution is -2.30. The van der Waals surface area contributed by atoms with Gasteiger partial charge in [-0.1, -0.05) is 40.0 Å². The van der Waals surface area contributed by atoms with Crippen LogP contribution in [-0.4, -0.2) is 22.9 Å². The molecule has 120 valence electrons. The van der Waals surface area contributed by atoms with Crippen LogP contribution in [-0.2, 0) is 6.54 Å². The van der Waals surface area contributed by atoms with Gasteiger partial charge in [0.1, 0.15) is 0 Å². The Kier molecular flexibility index (Phi) is 6.75. The number of aryl methyl sites for hydroxylation is 1. The van der Waals surface area contributed by atoms with Crippen molar-refractivity contribution >= 4 is 0 Å². The molecule has 0 saturated heterocycles. The quantitative estimate of drug-likeness (QED) is 0.763. The van der Waals surface area contributed by atoms with Gasteiger partial charge in [0.15, 0.2) is 0 Å². The molecule has 21 heavy (non-hydrogen) atoms. The molecule has 1 aromatic heterocycles. The molecule has 0 spiro atoms. The van der Waals surface area contributed by atoms with E-state index in [1.807, 2.05) is 6.20 Å². The molecule has 0 aromatic carbocycles. The van der Waals surface area contributed by atoms with Crippen molar-refractivity contribution in [2.24, 2.45) is 11.8 Å². The van der Waals surface area contributed by atoms with Crippen LogP contribution in [0.2, 0.25) is 0 Å². The first kappa shape index (κ1) is 16.5. The fourth-order valence-electron chi connectivity index (χ4n) is 3.63. The maximum Gasteiger partial charge on any atom is 0.0492 e. The van der Waals surface area contributed by atoms with Crippen LogP contribution in [0.3, 0.4) is 0 Å². The number of hydrogen-bond donors (Lipinski definition) is 1. The van der Waals surface area contributed by atoms with E-state index in [2.05, 4.69) is 41.9 Å². The van der Waals surface area contributed by atoms with Crippen LogP contribution in [0.1, 0.15) is 70.9 Å². The Hall–Kier alpha value is -0.830. The molecule has 3 nitrogen and oxygen atoms in total. The lowest BCUT2D eigenvalue weighted by Gasteiger charge is -2.26. The molecule has 3 heteroatoms. The van der Waals surface area contributed by atoms with Gasteiger partial charge in [0.2, 0.25) is 0 Å². The summed E-state index contributed by atoms with van der Waals surface area (Å²) < 4.78 is 2.26. The molecule has 1 aliphatic carbocycles. The van der Waals surface area contributed by atoms with Crippen molar-refractivity contribution in [1.82, 2.24) is 15.1 Å². The smallest absolute Gasteiger partial charge is 0.0492 e. The molecule has 1 saturated carbocycles. The highest BCUT2D eigenvalue weighted by atomic mass is 15.3. The van der Waals surface area contributed by atoms with E-state index in [9.17, 15) is 0 Å². The molecule has 1 fully saturated rings. The average Bonchev–Trinajstić information content (AvgIpc) is 2.77. The van der Waals surface area contributed by atoms with Gasteiger partial charge in [0, 0.05) is 24.4 Å². The van der Waals surface area contributed by atoms with Crippen LogP contribution in [0.5, 0.6) is 0 Å². The zero-order valence-electron chi connectivity index (χ0n) is 14.1. The minimum absolute atomic E-state index is 0.696. The molecule has 1 aromatic rings. The van der Waals surface area contributed by atoms with Gasteiger partial charge >= 0.3 is 0 Å². The third kappa shape index (κ3) is 4.84. The summed E-state index contributed by atoms with van der Waals surface area (Å²) in [6.45, 7) is 10.2. The van der Waals surface area contributed by atoms with E-state index in [0.29, 0.717) is 5.92 Å². The third-order valence-corrected chi connectivity index (χ3v) is 4.68. The van der Waals surface area contributed by atoms with E-state index in [1.54, 1.807) is 0 Å². The fraction of sp³-hybridized carbons (Fsp3) is 0.833. The van der Waals surface area contributed by atoms with Crippen molar-refractivity contribution in [3.05, 3.63) is 18.0 Å². The summed E-state index contributed by atoms with van der Waals surface area (Å²) in [5.74, 6) is 2.21. The monoisotopic (exact) mass is 291 g/mol. The highest BCUT2D eigenvalue weighted by Crippen LogP contribution is 2.36. The maximum absolute atomic E-state index is 4.55. The molecular formula is C18H33N3. The number of nitrogens with zero attached hydrogens (tertiary/aromatic N) is 2. The van der Waals surface area contributed by atoms with Crippen molar-refractivity contribution in [1.29, 1.82) is 0 Å². The van der Waals surface area contributed by atoms with Crippen LogP contribution >= 0.6 is 0 Å². The Bertz CT molecular complexity index is 397. The first-order valence-corrected chi connectivity index (χ1v) is 8.94. The van der Waals surface area contributed by atoms with Gasteiger partial charge in [-0.3, -0.25) is 4.68 Å². The largest absolute Gasteiger partial charge is 0.316 e. The zero-order valence-corrected chi connectivity index (χ0v) is 14.1. The van der Waals surface area contributed by atoms with Gasteiger partial charge in [-0.25, -0.2) is 0 Å². The Labute approximate surface area is 130 Å². The van der Waals surface area contributed by atoms with Crippen LogP contribution in [0.25, 0.3) is 0 Å². The second kappa shape index (κ2) is 8.57. The summed E-state index contributed by atoms with van der Waals surface area (Å²) in [5, 5.41) is 8.25. The number of nitrogens with one attached hydrogen (secondary N) is 1. The van der Waals surface area contributed by atoms with Crippen LogP contribution < -0.4 is 5.32 Å². The van der Waals surface area contributed by atoms with Gasteiger partial charge in [-0.15, -0.1) is 0 Å². The summed E-state index contributed by atoms with van der Waals surface area (Å²) in [7, 11) is 0. The number of hydrogen-bond acceptors (Lipinski definition) is 2. The predicted molar refractivity (Wildman–Crippen MR) is 89.5 cm³/mol. The van der Waals surface area contributed by atoms with Crippen LogP contribution in [0.4, 0.5) is 0 Å². The molecule has 2 rings (SSSR count). The first-order valence-electron chi connectivity index (χ1n) is 8.94. The van der Waals surface area contributed by atoms with Gasteiger partial charge in [0.25, 0.3) is 0 Å². The van der Waals surface area contributed by atoms with Crippen molar-refractivity contribution in [3.63, 3.8) is 0 Å². The topological polar surface area (TPSA) is 29.9 Å². The van der Waals surface area contributed by atoms with E-state index in [1.165, 1.54) is 44.3 Å². The van der Waals surface area contributed by atoms with Crippen LogP contribution in [0.15, 0.2) is 12.3 Å². The Morgan fingerprint density at radius 2 is 2.10 bits per heavy atom. The normalized spacial score (nSPS) is 23.4. The lowest BCUT2D eigenvalue weighted by molar-refractivity contribution is 0.349. The molecule has 0 aliphatic heterocycles. The maximum atomic E-state index is 4.55. The van der Waals surface area contributed by atoms with Crippen molar-refractivity contribution < 1.29 is 0 Å². The summed E-state index contributed by atoms with van der Waals surface area (Å²) in [6.07, 6.45) is 10.0. The molecule has 0 bridgehead atoms. The van der Waals surface area contributed by atoms with E-state index in [-0.39, 0.29) is 0 Å². The highest BCUT2D eigenvalue weighted by molar-refractivity contribution is 5.10. The average molecular weight is 291 g/mol. The SMILES string of the molecule is CCCn1nccc1C1CCCCCC1CNCC(C)C. The fourth-order valence-corrected chi connectivity index (χ4v) is 3.63. The number of aromatic nitrogens is 2. The molecule has 2 atom stereocenters. The van der Waals surface area contributed by atoms with Gasteiger partial charge in [0.05, 0.1) is 0 Å². The molecule has 1 aliphatic rings. The Balaban J connectivity index is 2.05. The molecule has 0 radical (unpaired) electrons. The lowest BCUT2D eigenvalue weighted by atomic mass is 9.85. The minimum Gasteiger partial charge on any atom is -0.316 e. The molecule has 2 unspecified atom stereocenters. The minimum atomic E-state index is 0.696. The summed E-state index contributed by atoms with van der Waals surface area (Å²) in [5.41, 5.74) is 1.48. The van der Waals surface area contributed by atoms with Gasteiger partial charge < -0.3 is 5.32 Å². The van der Waals surface area contributed by atoms with Gasteiger partial charge in [-0.05, 0) is 50.3 Å². The molecule has 0 amide bonds. The van der Waals surface area contributed by atoms with E-state index in [0.717, 1.165) is 31.3 Å². The second-order valence-electron chi connectivity index (χ2n) is 7.04. The zero-order chi connectivity index (χ0) is 15.1. The van der Waals surface area contributed by atoms with E-state index < -0.39 is 0 Å². The Morgan fingerprint density at radius 1 is 1.29 bits per heavy atom. The second-order valence-corrected chi connectivity index (χ2v) is 7.04. The summed E-state index contributed by atoms with van der Waals surface area (Å²) >= 11 is 0. The first-order chi connectivity index (χ1) is 10.2. The van der Waals surface area contributed by atoms with E-state index in [4.69, 9.17) is 0 Å². The van der Waals surface area contributed by atoms with Crippen molar-refractivity contribution in [3.8, 4) is 0 Å². The standard InChI is InChI=1S/C18H33N3/c1-4-12-21-18(10-11-20-21)17-9-7-5-6-8-16(17)14-19-13-15(2)3/h10-11,15-17,19H,4-9,12-14H2,1-3H3. The third-order valence-electron chi connectivity index (χ3n) is 4.68. The Morgan fingerprint density at radius 3 is 2.86 bits per heavy atom. The summed E-state index contributed by atoms with van der Waals surface area (Å²) in [4.78, 5) is 0. The highest BCUT2D eigenvalue weighted by Gasteiger charge is 2.27. The van der Waals surface area contributed by atoms with E-state index >= 15 is 0 Å². The summed E-state index contributed by atoms with van der Waals surface area (Å²) in [6, 6.07) is 2.26. The van der Waals surface area contributed by atoms with Gasteiger partial charge in [-0.2, -0.15) is 5.10 Å². The van der Waals surface area contributed by atoms with Crippen LogP contribution in [0, 0.1) is 11.8 Å². The predicted octanol–water partition coefficient (Wildman–Crippen LogP) is 4.20. The molecule has 1 N–H and O–H groups in total. The van der Waals surface area contributed by atoms with Crippen molar-refractivity contribution in [2.45, 2.75) is 71.8 Å². The van der Waals surface area contributed by atoms with Crippen molar-refractivity contribution in [2.75, 3.05) is 13.1 Å². The number of rotatable bonds is 7.